The molecule has 1 heterocycles. The molecule has 0 bridgehead atoms. The number of imide groups is 1. The van der Waals surface area contributed by atoms with Crippen molar-refractivity contribution in [3.8, 4) is 5.75 Å². The summed E-state index contributed by atoms with van der Waals surface area (Å²) in [7, 11) is -4.35. The molecule has 3 aromatic rings. The van der Waals surface area contributed by atoms with Gasteiger partial charge in [-0.1, -0.05) is 30.3 Å². The highest BCUT2D eigenvalue weighted by Crippen LogP contribution is 2.33. The Kier molecular flexibility index (Phi) is 8.07. The van der Waals surface area contributed by atoms with E-state index in [2.05, 4.69) is 5.32 Å². The number of nitro groups is 1. The van der Waals surface area contributed by atoms with Gasteiger partial charge in [0.1, 0.15) is 17.2 Å². The molecule has 3 amide bonds. The van der Waals surface area contributed by atoms with Gasteiger partial charge in [-0.2, -0.15) is 8.42 Å². The van der Waals surface area contributed by atoms with Gasteiger partial charge >= 0.3 is 10.1 Å². The Bertz CT molecular complexity index is 1680. The first-order valence-electron chi connectivity index (χ1n) is 11.8. The average Bonchev–Trinajstić information content (AvgIpc) is 3.14. The molecule has 206 valence electrons. The first-order chi connectivity index (χ1) is 18.8. The molecule has 0 aromatic heterocycles. The van der Waals surface area contributed by atoms with E-state index in [1.165, 1.54) is 49.4 Å². The van der Waals surface area contributed by atoms with Crippen LogP contribution in [0.1, 0.15) is 22.3 Å². The molecule has 0 atom stereocenters. The number of thioether (sulfide) groups is 1. The number of aryl methyl sites for hydroxylation is 3. The van der Waals surface area contributed by atoms with Crippen LogP contribution >= 0.6 is 11.8 Å². The molecule has 11 nitrogen and oxygen atoms in total. The summed E-state index contributed by atoms with van der Waals surface area (Å²) in [6.45, 7) is 4.76. The Morgan fingerprint density at radius 1 is 1.02 bits per heavy atom. The molecular formula is C27H23N3O8S2. The maximum Gasteiger partial charge on any atom is 0.339 e. The summed E-state index contributed by atoms with van der Waals surface area (Å²) in [5.41, 5.74) is 2.81. The lowest BCUT2D eigenvalue weighted by atomic mass is 10.1. The standard InChI is InChI=1S/C27H23N3O8S2/c1-16-4-5-17(2)22(12-16)28-25(31)15-29-26(32)24(39-27(29)33)13-19-7-9-20(10-8-19)38-40(36,37)21-11-6-18(3)23(14-21)30(34)35/h4-14H,15H2,1-3H3,(H,28,31)/b24-13-. The van der Waals surface area contributed by atoms with Gasteiger partial charge in [-0.15, -0.1) is 0 Å². The summed E-state index contributed by atoms with van der Waals surface area (Å²) in [6.07, 6.45) is 1.44. The fourth-order valence-electron chi connectivity index (χ4n) is 3.73. The highest BCUT2D eigenvalue weighted by Gasteiger charge is 2.36. The molecule has 0 spiro atoms. The summed E-state index contributed by atoms with van der Waals surface area (Å²) in [4.78, 5) is 48.8. The molecular weight excluding hydrogens is 558 g/mol. The quantitative estimate of drug-likeness (QED) is 0.168. The van der Waals surface area contributed by atoms with Crippen LogP contribution in [-0.4, -0.2) is 41.8 Å². The molecule has 1 saturated heterocycles. The van der Waals surface area contributed by atoms with Gasteiger partial charge in [0.05, 0.1) is 9.83 Å². The maximum atomic E-state index is 12.8. The van der Waals surface area contributed by atoms with Crippen molar-refractivity contribution in [2.75, 3.05) is 11.9 Å². The van der Waals surface area contributed by atoms with Crippen LogP contribution < -0.4 is 9.50 Å². The van der Waals surface area contributed by atoms with Gasteiger partial charge < -0.3 is 9.50 Å². The molecule has 0 radical (unpaired) electrons. The zero-order valence-electron chi connectivity index (χ0n) is 21.5. The average molecular weight is 582 g/mol. The monoisotopic (exact) mass is 581 g/mol. The van der Waals surface area contributed by atoms with Crippen molar-refractivity contribution in [3.05, 3.63) is 97.9 Å². The van der Waals surface area contributed by atoms with Crippen LogP contribution in [0.25, 0.3) is 6.08 Å². The number of nitro benzene ring substituents is 1. The molecule has 40 heavy (non-hydrogen) atoms. The highest BCUT2D eigenvalue weighted by atomic mass is 32.2. The Balaban J connectivity index is 1.43. The number of hydrogen-bond acceptors (Lipinski definition) is 9. The number of nitrogens with zero attached hydrogens (tertiary/aromatic N) is 2. The molecule has 1 aliphatic heterocycles. The minimum atomic E-state index is -4.35. The SMILES string of the molecule is Cc1ccc(C)c(NC(=O)CN2C(=O)S/C(=C\c3ccc(OS(=O)(=O)c4ccc(C)c([N+](=O)[O-])c4)cc3)C2=O)c1. The van der Waals surface area contributed by atoms with Crippen LogP contribution in [0.4, 0.5) is 16.2 Å². The second kappa shape index (κ2) is 11.3. The number of benzene rings is 3. The molecule has 13 heteroatoms. The van der Waals surface area contributed by atoms with Gasteiger partial charge in [-0.25, -0.2) is 0 Å². The highest BCUT2D eigenvalue weighted by molar-refractivity contribution is 8.18. The van der Waals surface area contributed by atoms with Crippen molar-refractivity contribution in [1.82, 2.24) is 4.90 Å². The van der Waals surface area contributed by atoms with Crippen LogP contribution in [-0.2, 0) is 19.7 Å². The fourth-order valence-corrected chi connectivity index (χ4v) is 5.52. The van der Waals surface area contributed by atoms with Crippen LogP contribution in [0.15, 0.2) is 70.5 Å². The predicted molar refractivity (Wildman–Crippen MR) is 149 cm³/mol. The predicted octanol–water partition coefficient (Wildman–Crippen LogP) is 4.96. The zero-order chi connectivity index (χ0) is 29.2. The van der Waals surface area contributed by atoms with Crippen molar-refractivity contribution in [3.63, 3.8) is 0 Å². The lowest BCUT2D eigenvalue weighted by Crippen LogP contribution is -2.36. The number of nitrogens with one attached hydrogen (secondary N) is 1. The van der Waals surface area contributed by atoms with E-state index in [9.17, 15) is 32.9 Å². The van der Waals surface area contributed by atoms with E-state index in [0.29, 0.717) is 28.6 Å². The van der Waals surface area contributed by atoms with Crippen molar-refractivity contribution in [1.29, 1.82) is 0 Å². The van der Waals surface area contributed by atoms with E-state index >= 15 is 0 Å². The molecule has 1 fully saturated rings. The molecule has 3 aromatic carbocycles. The lowest BCUT2D eigenvalue weighted by Gasteiger charge is -2.14. The summed E-state index contributed by atoms with van der Waals surface area (Å²) in [5.74, 6) is -1.20. The molecule has 1 aliphatic rings. The Hall–Kier alpha value is -4.49. The third kappa shape index (κ3) is 6.38. The second-order valence-corrected chi connectivity index (χ2v) is 11.5. The van der Waals surface area contributed by atoms with Gasteiger partial charge in [0.15, 0.2) is 0 Å². The fraction of sp³-hybridized carbons (Fsp3) is 0.148. The summed E-state index contributed by atoms with van der Waals surface area (Å²) in [6, 6.07) is 14.6. The number of rotatable bonds is 8. The van der Waals surface area contributed by atoms with E-state index in [1.54, 1.807) is 6.07 Å². The first-order valence-corrected chi connectivity index (χ1v) is 14.0. The Morgan fingerprint density at radius 2 is 1.70 bits per heavy atom. The van der Waals surface area contributed by atoms with E-state index in [-0.39, 0.29) is 21.2 Å². The summed E-state index contributed by atoms with van der Waals surface area (Å²) < 4.78 is 30.4. The maximum absolute atomic E-state index is 12.8. The van der Waals surface area contributed by atoms with Crippen molar-refractivity contribution in [2.45, 2.75) is 25.7 Å². The molecule has 4 rings (SSSR count). The first kappa shape index (κ1) is 28.5. The molecule has 0 aliphatic carbocycles. The minimum absolute atomic E-state index is 0.0587. The number of hydrogen-bond donors (Lipinski definition) is 1. The van der Waals surface area contributed by atoms with Gasteiger partial charge in [-0.3, -0.25) is 29.4 Å². The van der Waals surface area contributed by atoms with Crippen LogP contribution in [0.3, 0.4) is 0 Å². The summed E-state index contributed by atoms with van der Waals surface area (Å²) >= 11 is 0.683. The van der Waals surface area contributed by atoms with Gasteiger partial charge in [0.2, 0.25) is 5.91 Å². The van der Waals surface area contributed by atoms with Crippen LogP contribution in [0.5, 0.6) is 5.75 Å². The van der Waals surface area contributed by atoms with E-state index in [0.717, 1.165) is 22.1 Å². The minimum Gasteiger partial charge on any atom is -0.379 e. The largest absolute Gasteiger partial charge is 0.379 e. The van der Waals surface area contributed by atoms with Crippen molar-refractivity contribution < 1.29 is 31.9 Å². The van der Waals surface area contributed by atoms with E-state index in [4.69, 9.17) is 4.18 Å². The number of carbonyl (C=O) groups excluding carboxylic acids is 3. The normalized spacial score (nSPS) is 14.5. The topological polar surface area (TPSA) is 153 Å². The summed E-state index contributed by atoms with van der Waals surface area (Å²) in [5, 5.41) is 13.3. The number of carbonyl (C=O) groups is 3. The Morgan fingerprint density at radius 3 is 2.38 bits per heavy atom. The number of anilines is 1. The number of amides is 3. The van der Waals surface area contributed by atoms with Gasteiger partial charge in [0, 0.05) is 17.3 Å². The smallest absolute Gasteiger partial charge is 0.339 e. The van der Waals surface area contributed by atoms with E-state index in [1.807, 2.05) is 26.0 Å². The molecule has 0 unspecified atom stereocenters. The lowest BCUT2D eigenvalue weighted by molar-refractivity contribution is -0.385. The third-order valence-corrected chi connectivity index (χ3v) is 8.04. The third-order valence-electron chi connectivity index (χ3n) is 5.89. The van der Waals surface area contributed by atoms with Gasteiger partial charge in [-0.05, 0) is 79.6 Å². The van der Waals surface area contributed by atoms with Crippen LogP contribution in [0.2, 0.25) is 0 Å². The molecule has 1 N–H and O–H groups in total. The zero-order valence-corrected chi connectivity index (χ0v) is 23.2. The second-order valence-electron chi connectivity index (χ2n) is 8.95. The Labute approximate surface area is 234 Å². The van der Waals surface area contributed by atoms with Gasteiger partial charge in [0.25, 0.3) is 16.8 Å². The van der Waals surface area contributed by atoms with E-state index < -0.39 is 38.6 Å². The van der Waals surface area contributed by atoms with Crippen molar-refractivity contribution >= 4 is 56.4 Å². The molecule has 0 saturated carbocycles. The van der Waals surface area contributed by atoms with Crippen molar-refractivity contribution in [2.24, 2.45) is 0 Å². The van der Waals surface area contributed by atoms with Crippen LogP contribution in [0, 0.1) is 30.9 Å².